The van der Waals surface area contributed by atoms with E-state index in [2.05, 4.69) is 21.2 Å². The van der Waals surface area contributed by atoms with Gasteiger partial charge in [-0.2, -0.15) is 0 Å². The van der Waals surface area contributed by atoms with E-state index in [1.54, 1.807) is 22.7 Å². The van der Waals surface area contributed by atoms with E-state index in [1.165, 1.54) is 0 Å². The molecule has 2 aromatic heterocycles. The molecular weight excluding hydrogens is 416 g/mol. The molecular formula is C23H17BrN2O2. The summed E-state index contributed by atoms with van der Waals surface area (Å²) in [6.45, 7) is 2.01. The van der Waals surface area contributed by atoms with Crippen molar-refractivity contribution in [2.75, 3.05) is 5.32 Å². The molecule has 0 saturated carbocycles. The predicted octanol–water partition coefficient (Wildman–Crippen LogP) is 5.50. The molecule has 4 aromatic rings. The Balaban J connectivity index is 1.79. The first-order valence-electron chi connectivity index (χ1n) is 8.82. The van der Waals surface area contributed by atoms with Crippen LogP contribution in [0.2, 0.25) is 0 Å². The molecule has 0 aliphatic rings. The zero-order valence-electron chi connectivity index (χ0n) is 15.1. The lowest BCUT2D eigenvalue weighted by atomic mass is 10.0. The number of hydrogen-bond donors (Lipinski definition) is 1. The maximum Gasteiger partial charge on any atom is 0.298 e. The van der Waals surface area contributed by atoms with Crippen LogP contribution < -0.4 is 5.32 Å². The average Bonchev–Trinajstić information content (AvgIpc) is 3.09. The third-order valence-corrected chi connectivity index (χ3v) is 5.28. The molecule has 5 heteroatoms. The molecule has 0 spiro atoms. The number of amides is 1. The van der Waals surface area contributed by atoms with Crippen molar-refractivity contribution in [3.63, 3.8) is 0 Å². The standard InChI is InChI=1S/C23H17BrN2O2/c1-15-9-11-16(12-10-15)18-14-17-6-4-5-13-26(17)21(18)22(27)23(28)25-20-8-3-2-7-19(20)24/h2-14H,1H3,(H,25,28). The fraction of sp³-hybridized carbons (Fsp3) is 0.0435. The minimum Gasteiger partial charge on any atom is -0.318 e. The predicted molar refractivity (Wildman–Crippen MR) is 115 cm³/mol. The third-order valence-electron chi connectivity index (χ3n) is 4.59. The number of carbonyl (C=O) groups excluding carboxylic acids is 2. The molecule has 0 atom stereocenters. The van der Waals surface area contributed by atoms with Gasteiger partial charge in [0.25, 0.3) is 11.7 Å². The number of nitrogens with zero attached hydrogens (tertiary/aromatic N) is 1. The Bertz CT molecular complexity index is 1190. The Hall–Kier alpha value is -3.18. The second-order valence-corrected chi connectivity index (χ2v) is 7.39. The Morgan fingerprint density at radius 1 is 0.929 bits per heavy atom. The number of rotatable bonds is 4. The lowest BCUT2D eigenvalue weighted by Crippen LogP contribution is -2.24. The van der Waals surface area contributed by atoms with Crippen LogP contribution in [0.15, 0.2) is 83.5 Å². The smallest absolute Gasteiger partial charge is 0.298 e. The van der Waals surface area contributed by atoms with Gasteiger partial charge in [-0.25, -0.2) is 0 Å². The third kappa shape index (κ3) is 3.37. The number of nitrogens with one attached hydrogen (secondary N) is 1. The summed E-state index contributed by atoms with van der Waals surface area (Å²) < 4.78 is 2.48. The number of aryl methyl sites for hydroxylation is 1. The number of halogens is 1. The van der Waals surface area contributed by atoms with Crippen LogP contribution in [-0.4, -0.2) is 16.1 Å². The summed E-state index contributed by atoms with van der Waals surface area (Å²) in [6, 6.07) is 22.7. The number of fused-ring (bicyclic) bond motifs is 1. The highest BCUT2D eigenvalue weighted by molar-refractivity contribution is 9.10. The second kappa shape index (κ2) is 7.44. The van der Waals surface area contributed by atoms with Gasteiger partial charge in [-0.05, 0) is 58.7 Å². The molecule has 0 bridgehead atoms. The number of aromatic nitrogens is 1. The zero-order chi connectivity index (χ0) is 19.7. The van der Waals surface area contributed by atoms with Gasteiger partial charge in [0.15, 0.2) is 0 Å². The van der Waals surface area contributed by atoms with Gasteiger partial charge in [-0.1, -0.05) is 48.0 Å². The van der Waals surface area contributed by atoms with Gasteiger partial charge in [0.05, 0.1) is 5.69 Å². The van der Waals surface area contributed by atoms with Crippen LogP contribution in [0.3, 0.4) is 0 Å². The van der Waals surface area contributed by atoms with Gasteiger partial charge in [0, 0.05) is 21.7 Å². The molecule has 4 nitrogen and oxygen atoms in total. The highest BCUT2D eigenvalue weighted by atomic mass is 79.9. The van der Waals surface area contributed by atoms with Crippen molar-refractivity contribution in [1.82, 2.24) is 4.40 Å². The van der Waals surface area contributed by atoms with Gasteiger partial charge >= 0.3 is 0 Å². The normalized spacial score (nSPS) is 10.8. The molecule has 0 unspecified atom stereocenters. The van der Waals surface area contributed by atoms with E-state index in [0.717, 1.165) is 26.7 Å². The molecule has 0 aliphatic carbocycles. The molecule has 0 aliphatic heterocycles. The Kier molecular flexibility index (Phi) is 4.84. The quantitative estimate of drug-likeness (QED) is 0.341. The molecule has 1 N–H and O–H groups in total. The van der Waals surface area contributed by atoms with E-state index in [0.29, 0.717) is 11.4 Å². The van der Waals surface area contributed by atoms with Gasteiger partial charge in [-0.3, -0.25) is 9.59 Å². The van der Waals surface area contributed by atoms with Crippen molar-refractivity contribution in [2.24, 2.45) is 0 Å². The minimum atomic E-state index is -0.677. The van der Waals surface area contributed by atoms with Crippen LogP contribution in [0.4, 0.5) is 5.69 Å². The van der Waals surface area contributed by atoms with Gasteiger partial charge in [0.1, 0.15) is 5.69 Å². The highest BCUT2D eigenvalue weighted by Crippen LogP contribution is 2.29. The van der Waals surface area contributed by atoms with E-state index in [-0.39, 0.29) is 0 Å². The first-order valence-corrected chi connectivity index (χ1v) is 9.61. The summed E-state index contributed by atoms with van der Waals surface area (Å²) in [5.74, 6) is -1.26. The molecule has 2 heterocycles. The first kappa shape index (κ1) is 18.2. The molecule has 28 heavy (non-hydrogen) atoms. The Labute approximate surface area is 170 Å². The SMILES string of the molecule is Cc1ccc(-c2cc3ccccn3c2C(=O)C(=O)Nc2ccccc2Br)cc1. The number of hydrogen-bond acceptors (Lipinski definition) is 2. The van der Waals surface area contributed by atoms with E-state index < -0.39 is 11.7 Å². The molecule has 1 amide bonds. The number of carbonyl (C=O) groups is 2. The minimum absolute atomic E-state index is 0.351. The van der Waals surface area contributed by atoms with E-state index in [9.17, 15) is 9.59 Å². The summed E-state index contributed by atoms with van der Waals surface area (Å²) in [6.07, 6.45) is 1.80. The monoisotopic (exact) mass is 432 g/mol. The number of Topliss-reactive ketones (excluding diaryl/α,β-unsaturated/α-hetero) is 1. The lowest BCUT2D eigenvalue weighted by Gasteiger charge is -2.09. The number of pyridine rings is 1. The number of benzene rings is 2. The number of para-hydroxylation sites is 1. The number of ketones is 1. The maximum absolute atomic E-state index is 13.1. The first-order chi connectivity index (χ1) is 13.5. The summed E-state index contributed by atoms with van der Waals surface area (Å²) in [4.78, 5) is 25.9. The molecule has 2 aromatic carbocycles. The van der Waals surface area contributed by atoms with Gasteiger partial charge in [0.2, 0.25) is 0 Å². The van der Waals surface area contributed by atoms with Crippen LogP contribution in [0.5, 0.6) is 0 Å². The van der Waals surface area contributed by atoms with Gasteiger partial charge < -0.3 is 9.72 Å². The fourth-order valence-corrected chi connectivity index (χ4v) is 3.54. The van der Waals surface area contributed by atoms with Crippen molar-refractivity contribution in [2.45, 2.75) is 6.92 Å². The van der Waals surface area contributed by atoms with Gasteiger partial charge in [-0.15, -0.1) is 0 Å². The van der Waals surface area contributed by atoms with Crippen LogP contribution in [0, 0.1) is 6.92 Å². The summed E-state index contributed by atoms with van der Waals surface area (Å²) >= 11 is 3.39. The molecule has 0 radical (unpaired) electrons. The van der Waals surface area contributed by atoms with Crippen LogP contribution in [0.1, 0.15) is 16.1 Å². The van der Waals surface area contributed by atoms with Crippen LogP contribution >= 0.6 is 15.9 Å². The summed E-state index contributed by atoms with van der Waals surface area (Å²) in [7, 11) is 0. The summed E-state index contributed by atoms with van der Waals surface area (Å²) in [5, 5.41) is 2.70. The highest BCUT2D eigenvalue weighted by Gasteiger charge is 2.25. The van der Waals surface area contributed by atoms with Crippen molar-refractivity contribution in [3.05, 3.63) is 94.7 Å². The van der Waals surface area contributed by atoms with E-state index in [4.69, 9.17) is 0 Å². The van der Waals surface area contributed by atoms with E-state index >= 15 is 0 Å². The summed E-state index contributed by atoms with van der Waals surface area (Å²) in [5.41, 5.74) is 4.52. The van der Waals surface area contributed by atoms with Crippen molar-refractivity contribution < 1.29 is 9.59 Å². The second-order valence-electron chi connectivity index (χ2n) is 6.53. The maximum atomic E-state index is 13.1. The van der Waals surface area contributed by atoms with Crippen molar-refractivity contribution >= 4 is 38.8 Å². The Morgan fingerprint density at radius 3 is 2.39 bits per heavy atom. The number of anilines is 1. The zero-order valence-corrected chi connectivity index (χ0v) is 16.7. The molecule has 138 valence electrons. The van der Waals surface area contributed by atoms with Crippen LogP contribution in [0.25, 0.3) is 16.6 Å². The average molecular weight is 433 g/mol. The Morgan fingerprint density at radius 2 is 1.64 bits per heavy atom. The molecule has 4 rings (SSSR count). The topological polar surface area (TPSA) is 50.6 Å². The fourth-order valence-electron chi connectivity index (χ4n) is 3.16. The molecule has 0 fully saturated rings. The lowest BCUT2D eigenvalue weighted by molar-refractivity contribution is -0.112. The van der Waals surface area contributed by atoms with E-state index in [1.807, 2.05) is 67.6 Å². The molecule has 0 saturated heterocycles. The largest absolute Gasteiger partial charge is 0.318 e. The van der Waals surface area contributed by atoms with Crippen molar-refractivity contribution in [1.29, 1.82) is 0 Å². The van der Waals surface area contributed by atoms with Crippen LogP contribution in [-0.2, 0) is 4.79 Å². The van der Waals surface area contributed by atoms with Crippen molar-refractivity contribution in [3.8, 4) is 11.1 Å².